The Hall–Kier alpha value is -2.12. The van der Waals surface area contributed by atoms with Crippen molar-refractivity contribution in [1.29, 1.82) is 0 Å². The molecule has 0 heterocycles. The minimum absolute atomic E-state index is 0.130. The van der Waals surface area contributed by atoms with Crippen molar-refractivity contribution in [2.75, 3.05) is 6.61 Å². The highest BCUT2D eigenvalue weighted by atomic mass is 16.6. The van der Waals surface area contributed by atoms with Crippen LogP contribution in [-0.4, -0.2) is 50.9 Å². The minimum Gasteiger partial charge on any atom is -0.508 e. The highest BCUT2D eigenvalue weighted by Crippen LogP contribution is 2.61. The minimum atomic E-state index is -1.10. The molecular weight excluding hydrogens is 350 g/mol. The molecule has 0 amide bonds. The summed E-state index contributed by atoms with van der Waals surface area (Å²) >= 11 is 0. The Kier molecular flexibility index (Phi) is 4.39. The summed E-state index contributed by atoms with van der Waals surface area (Å²) in [6.07, 6.45) is 1.40. The summed E-state index contributed by atoms with van der Waals surface area (Å²) in [5.74, 6) is -0.385. The van der Waals surface area contributed by atoms with Gasteiger partial charge in [0.05, 0.1) is 17.9 Å². The molecule has 3 aliphatic carbocycles. The molecule has 1 aromatic rings. The number of benzene rings is 1. The van der Waals surface area contributed by atoms with E-state index in [1.807, 2.05) is 6.07 Å². The predicted molar refractivity (Wildman–Crippen MR) is 96.5 cm³/mol. The number of carbonyl (C=O) groups is 1. The molecule has 146 valence electrons. The maximum Gasteiger partial charge on any atom is 0.344 e. The lowest BCUT2D eigenvalue weighted by Gasteiger charge is -2.49. The van der Waals surface area contributed by atoms with Crippen molar-refractivity contribution in [2.24, 2.45) is 22.4 Å². The SMILES string of the molecule is C[C@]12CC[C@@H]3c4ccc(O)cc4/C(=N/OCC(=O)O)C[C@@H]3[C@@H]1C[C@@H](O)[C@@H]2O. The predicted octanol–water partition coefficient (Wildman–Crippen LogP) is 1.84. The molecule has 0 bridgehead atoms. The smallest absolute Gasteiger partial charge is 0.344 e. The van der Waals surface area contributed by atoms with Gasteiger partial charge < -0.3 is 25.3 Å². The number of aromatic hydroxyl groups is 1. The number of hydrogen-bond donors (Lipinski definition) is 4. The molecule has 1 aromatic carbocycles. The van der Waals surface area contributed by atoms with E-state index in [1.165, 1.54) is 0 Å². The fourth-order valence-electron chi connectivity index (χ4n) is 5.65. The molecule has 0 spiro atoms. The van der Waals surface area contributed by atoms with Crippen LogP contribution in [0.1, 0.15) is 49.7 Å². The van der Waals surface area contributed by atoms with Gasteiger partial charge >= 0.3 is 5.97 Å². The van der Waals surface area contributed by atoms with Crippen molar-refractivity contribution in [2.45, 2.75) is 50.7 Å². The summed E-state index contributed by atoms with van der Waals surface area (Å²) < 4.78 is 0. The lowest BCUT2D eigenvalue weighted by Crippen LogP contribution is -2.45. The fraction of sp³-hybridized carbons (Fsp3) is 0.600. The van der Waals surface area contributed by atoms with Crippen LogP contribution in [0.4, 0.5) is 0 Å². The highest BCUT2D eigenvalue weighted by molar-refractivity contribution is 6.03. The van der Waals surface area contributed by atoms with Crippen molar-refractivity contribution >= 4 is 11.7 Å². The van der Waals surface area contributed by atoms with Crippen LogP contribution in [0.5, 0.6) is 5.75 Å². The molecule has 0 aliphatic heterocycles. The number of hydrogen-bond acceptors (Lipinski definition) is 6. The normalized spacial score (nSPS) is 38.8. The molecule has 0 aromatic heterocycles. The van der Waals surface area contributed by atoms with E-state index in [0.717, 1.165) is 24.0 Å². The first kappa shape index (κ1) is 18.3. The number of fused-ring (bicyclic) bond motifs is 5. The van der Waals surface area contributed by atoms with E-state index in [-0.39, 0.29) is 28.9 Å². The number of rotatable bonds is 3. The Labute approximate surface area is 157 Å². The zero-order valence-electron chi connectivity index (χ0n) is 15.2. The van der Waals surface area contributed by atoms with Gasteiger partial charge in [0.25, 0.3) is 0 Å². The number of aliphatic hydroxyl groups is 2. The van der Waals surface area contributed by atoms with Gasteiger partial charge in [0, 0.05) is 5.56 Å². The third-order valence-electron chi connectivity index (χ3n) is 6.95. The van der Waals surface area contributed by atoms with Crippen molar-refractivity contribution in [1.82, 2.24) is 0 Å². The second-order valence-electron chi connectivity index (χ2n) is 8.35. The first-order chi connectivity index (χ1) is 12.8. The van der Waals surface area contributed by atoms with Crippen LogP contribution < -0.4 is 0 Å². The van der Waals surface area contributed by atoms with E-state index in [2.05, 4.69) is 12.1 Å². The van der Waals surface area contributed by atoms with Gasteiger partial charge in [-0.25, -0.2) is 4.79 Å². The molecule has 3 aliphatic rings. The summed E-state index contributed by atoms with van der Waals surface area (Å²) in [6, 6.07) is 5.21. The Bertz CT molecular complexity index is 793. The van der Waals surface area contributed by atoms with Crippen LogP contribution in [0.25, 0.3) is 0 Å². The molecule has 4 rings (SSSR count). The van der Waals surface area contributed by atoms with Gasteiger partial charge in [-0.1, -0.05) is 18.1 Å². The fourth-order valence-corrected chi connectivity index (χ4v) is 5.65. The topological polar surface area (TPSA) is 120 Å². The van der Waals surface area contributed by atoms with Crippen LogP contribution in [0.2, 0.25) is 0 Å². The molecule has 4 N–H and O–H groups in total. The van der Waals surface area contributed by atoms with Crippen LogP contribution in [-0.2, 0) is 9.63 Å². The lowest BCUT2D eigenvalue weighted by molar-refractivity contribution is -0.142. The van der Waals surface area contributed by atoms with E-state index in [1.54, 1.807) is 12.1 Å². The largest absolute Gasteiger partial charge is 0.508 e. The number of aliphatic carboxylic acids is 1. The Morgan fingerprint density at radius 2 is 2.15 bits per heavy atom. The standard InChI is InChI=1S/C20H25NO6/c1-20-5-4-12-11-3-2-10(22)6-14(11)16(21-27-9-18(24)25)7-13(12)15(20)8-17(23)19(20)26/h2-3,6,12-13,15,17,19,22-23,26H,4-5,7-9H2,1H3,(H,24,25)/b21-16+/t12-,13+,15+,17-,19+,20+/m1/s1. The second kappa shape index (κ2) is 6.49. The Morgan fingerprint density at radius 1 is 1.37 bits per heavy atom. The molecule has 2 fully saturated rings. The van der Waals surface area contributed by atoms with Crippen molar-refractivity contribution in [3.8, 4) is 5.75 Å². The Balaban J connectivity index is 1.73. The molecule has 6 atom stereocenters. The van der Waals surface area contributed by atoms with E-state index in [4.69, 9.17) is 9.94 Å². The molecule has 0 unspecified atom stereocenters. The zero-order valence-corrected chi connectivity index (χ0v) is 15.2. The number of carboxylic acid groups (broad SMARTS) is 1. The summed E-state index contributed by atoms with van der Waals surface area (Å²) in [5.41, 5.74) is 2.15. The molecule has 7 heteroatoms. The number of phenols is 1. The van der Waals surface area contributed by atoms with Crippen LogP contribution in [0, 0.1) is 17.3 Å². The van der Waals surface area contributed by atoms with Crippen LogP contribution in [0.15, 0.2) is 23.4 Å². The van der Waals surface area contributed by atoms with Crippen molar-refractivity contribution < 1.29 is 30.1 Å². The second-order valence-corrected chi connectivity index (χ2v) is 8.35. The number of phenolic OH excluding ortho intramolecular Hbond substituents is 1. The van der Waals surface area contributed by atoms with Gasteiger partial charge in [-0.15, -0.1) is 0 Å². The highest BCUT2D eigenvalue weighted by Gasteiger charge is 2.58. The van der Waals surface area contributed by atoms with Crippen molar-refractivity contribution in [3.63, 3.8) is 0 Å². The number of carboxylic acids is 1. The van der Waals surface area contributed by atoms with Gasteiger partial charge in [0.2, 0.25) is 6.61 Å². The zero-order chi connectivity index (χ0) is 19.3. The van der Waals surface area contributed by atoms with Crippen LogP contribution in [0.3, 0.4) is 0 Å². The third-order valence-corrected chi connectivity index (χ3v) is 6.95. The first-order valence-corrected chi connectivity index (χ1v) is 9.41. The monoisotopic (exact) mass is 375 g/mol. The summed E-state index contributed by atoms with van der Waals surface area (Å²) in [6.45, 7) is 1.53. The maximum atomic E-state index is 10.7. The summed E-state index contributed by atoms with van der Waals surface area (Å²) in [7, 11) is 0. The van der Waals surface area contributed by atoms with Gasteiger partial charge in [0.15, 0.2) is 0 Å². The van der Waals surface area contributed by atoms with Gasteiger partial charge in [0.1, 0.15) is 5.75 Å². The summed E-state index contributed by atoms with van der Waals surface area (Å²) in [4.78, 5) is 15.7. The van der Waals surface area contributed by atoms with Crippen LogP contribution >= 0.6 is 0 Å². The van der Waals surface area contributed by atoms with E-state index in [0.29, 0.717) is 18.6 Å². The first-order valence-electron chi connectivity index (χ1n) is 9.41. The van der Waals surface area contributed by atoms with Gasteiger partial charge in [-0.2, -0.15) is 0 Å². The van der Waals surface area contributed by atoms with E-state index < -0.39 is 24.8 Å². The number of aliphatic hydroxyl groups excluding tert-OH is 2. The quantitative estimate of drug-likeness (QED) is 0.599. The summed E-state index contributed by atoms with van der Waals surface area (Å²) in [5, 5.41) is 43.6. The average Bonchev–Trinajstić information content (AvgIpc) is 2.85. The van der Waals surface area contributed by atoms with Gasteiger partial charge in [-0.3, -0.25) is 0 Å². The lowest BCUT2D eigenvalue weighted by atomic mass is 9.55. The van der Waals surface area contributed by atoms with E-state index >= 15 is 0 Å². The third kappa shape index (κ3) is 2.89. The average molecular weight is 375 g/mol. The molecule has 0 radical (unpaired) electrons. The van der Waals surface area contributed by atoms with E-state index in [9.17, 15) is 20.1 Å². The Morgan fingerprint density at radius 3 is 2.89 bits per heavy atom. The number of nitrogens with zero attached hydrogens (tertiary/aromatic N) is 1. The molecular formula is C20H25NO6. The molecule has 27 heavy (non-hydrogen) atoms. The van der Waals surface area contributed by atoms with Crippen molar-refractivity contribution in [3.05, 3.63) is 29.3 Å². The molecule has 7 nitrogen and oxygen atoms in total. The van der Waals surface area contributed by atoms with Gasteiger partial charge in [-0.05, 0) is 66.5 Å². The number of oxime groups is 1. The maximum absolute atomic E-state index is 10.7. The molecule has 0 saturated heterocycles. The molecule has 2 saturated carbocycles.